The molecule has 0 atom stereocenters. The van der Waals surface area contributed by atoms with E-state index in [-0.39, 0.29) is 24.7 Å². The van der Waals surface area contributed by atoms with Crippen molar-refractivity contribution in [3.8, 4) is 34.1 Å². The lowest BCUT2D eigenvalue weighted by molar-refractivity contribution is -0.178. The third-order valence-electron chi connectivity index (χ3n) is 7.96. The maximum Gasteiger partial charge on any atom is 0.355 e. The number of hydrogen-bond donors (Lipinski definition) is 0. The van der Waals surface area contributed by atoms with Gasteiger partial charge in [0, 0.05) is 37.7 Å². The van der Waals surface area contributed by atoms with Crippen LogP contribution in [0.4, 0.5) is 0 Å². The van der Waals surface area contributed by atoms with Crippen molar-refractivity contribution < 1.29 is 47.5 Å². The van der Waals surface area contributed by atoms with Gasteiger partial charge in [-0.15, -0.1) is 0 Å². The van der Waals surface area contributed by atoms with Crippen LogP contribution in [0, 0.1) is 0 Å². The highest BCUT2D eigenvalue weighted by molar-refractivity contribution is 5.87. The van der Waals surface area contributed by atoms with Crippen molar-refractivity contribution in [2.24, 2.45) is 0 Å². The van der Waals surface area contributed by atoms with E-state index in [1.165, 1.54) is 13.2 Å². The number of esters is 3. The molecule has 0 unspecified atom stereocenters. The van der Waals surface area contributed by atoms with Crippen LogP contribution in [-0.2, 0) is 28.6 Å². The Morgan fingerprint density at radius 2 is 1.46 bits per heavy atom. The van der Waals surface area contributed by atoms with E-state index < -0.39 is 29.1 Å². The van der Waals surface area contributed by atoms with Gasteiger partial charge in [-0.1, -0.05) is 72.8 Å². The van der Waals surface area contributed by atoms with Gasteiger partial charge in [0.15, 0.2) is 17.1 Å². The Labute approximate surface area is 291 Å². The normalized spacial score (nSPS) is 14.1. The summed E-state index contributed by atoms with van der Waals surface area (Å²) in [6.07, 6.45) is 3.41. The molecule has 0 N–H and O–H groups in total. The zero-order valence-corrected chi connectivity index (χ0v) is 28.3. The van der Waals surface area contributed by atoms with Gasteiger partial charge in [0.25, 0.3) is 0 Å². The number of benzene rings is 4. The predicted molar refractivity (Wildman–Crippen MR) is 186 cm³/mol. The molecular formula is C40H40O10. The summed E-state index contributed by atoms with van der Waals surface area (Å²) in [7, 11) is 1.45. The second kappa shape index (κ2) is 16.8. The Bertz CT molecular complexity index is 1780. The van der Waals surface area contributed by atoms with Crippen LogP contribution in [-0.4, -0.2) is 62.6 Å². The third kappa shape index (κ3) is 9.37. The van der Waals surface area contributed by atoms with Gasteiger partial charge in [-0.3, -0.25) is 0 Å². The molecule has 0 amide bonds. The minimum absolute atomic E-state index is 0.0206. The van der Waals surface area contributed by atoms with Crippen LogP contribution in [0.15, 0.2) is 109 Å². The summed E-state index contributed by atoms with van der Waals surface area (Å²) in [5.41, 5.74) is -0.194. The van der Waals surface area contributed by atoms with Crippen molar-refractivity contribution in [3.05, 3.63) is 115 Å². The van der Waals surface area contributed by atoms with Crippen LogP contribution >= 0.6 is 0 Å². The molecule has 1 aliphatic rings. The molecule has 0 bridgehead atoms. The smallest absolute Gasteiger partial charge is 0.355 e. The molecule has 1 fully saturated rings. The lowest BCUT2D eigenvalue weighted by Gasteiger charge is -2.34. The number of carbonyl (C=O) groups excluding carboxylic acids is 3. The largest absolute Gasteiger partial charge is 0.493 e. The maximum absolute atomic E-state index is 13.6. The van der Waals surface area contributed by atoms with Crippen molar-refractivity contribution in [1.82, 2.24) is 0 Å². The van der Waals surface area contributed by atoms with E-state index in [1.807, 2.05) is 66.7 Å². The summed E-state index contributed by atoms with van der Waals surface area (Å²) < 4.78 is 39.7. The molecule has 0 radical (unpaired) electrons. The van der Waals surface area contributed by atoms with Gasteiger partial charge in [-0.05, 0) is 61.4 Å². The van der Waals surface area contributed by atoms with Gasteiger partial charge < -0.3 is 33.2 Å². The fourth-order valence-electron chi connectivity index (χ4n) is 5.22. The van der Waals surface area contributed by atoms with Crippen LogP contribution in [0.1, 0.15) is 32.3 Å². The van der Waals surface area contributed by atoms with Gasteiger partial charge >= 0.3 is 17.9 Å². The van der Waals surface area contributed by atoms with Crippen LogP contribution in [0.3, 0.4) is 0 Å². The number of rotatable bonds is 14. The lowest BCUT2D eigenvalue weighted by atomic mass is 9.94. The molecule has 0 aromatic heterocycles. The summed E-state index contributed by atoms with van der Waals surface area (Å²) in [6, 6.07) is 30.8. The third-order valence-corrected chi connectivity index (χ3v) is 7.96. The fourth-order valence-corrected chi connectivity index (χ4v) is 5.22. The Kier molecular flexibility index (Phi) is 12.0. The number of para-hydroxylation sites is 2. The molecule has 50 heavy (non-hydrogen) atoms. The average molecular weight is 681 g/mol. The molecule has 10 heteroatoms. The summed E-state index contributed by atoms with van der Waals surface area (Å²) in [5, 5.41) is 0. The summed E-state index contributed by atoms with van der Waals surface area (Å²) in [6.45, 7) is 3.79. The molecule has 10 nitrogen and oxygen atoms in total. The van der Waals surface area contributed by atoms with Crippen molar-refractivity contribution in [3.63, 3.8) is 0 Å². The van der Waals surface area contributed by atoms with Crippen LogP contribution < -0.4 is 18.9 Å². The molecule has 0 spiro atoms. The van der Waals surface area contributed by atoms with E-state index in [0.717, 1.165) is 11.1 Å². The molecule has 260 valence electrons. The Morgan fingerprint density at radius 1 is 0.780 bits per heavy atom. The molecule has 1 aliphatic heterocycles. The second-order valence-corrected chi connectivity index (χ2v) is 11.9. The Hall–Kier alpha value is -5.45. The molecule has 0 saturated carbocycles. The first-order valence-electron chi connectivity index (χ1n) is 16.3. The van der Waals surface area contributed by atoms with E-state index in [9.17, 15) is 14.4 Å². The van der Waals surface area contributed by atoms with Crippen LogP contribution in [0.5, 0.6) is 23.0 Å². The second-order valence-electron chi connectivity index (χ2n) is 11.9. The quantitative estimate of drug-likeness (QED) is 0.0606. The Balaban J connectivity index is 1.14. The molecule has 1 saturated heterocycles. The number of methoxy groups -OCH3 is 1. The highest BCUT2D eigenvalue weighted by Crippen LogP contribution is 2.34. The standard InChI is InChI=1S/C40H40O10/c1-39(2,50-31-14-8-5-9-15-31)37(42)49-34-20-18-29(28-35(34)44-3)19-21-36(41)46-26-27-47-40(22-24-45-25-23-40)38(43)48-33-17-11-10-16-32(33)30-12-6-4-7-13-30/h4-21,28H,22-27H2,1-3H3/b21-19+. The van der Waals surface area contributed by atoms with E-state index in [4.69, 9.17) is 33.2 Å². The highest BCUT2D eigenvalue weighted by Gasteiger charge is 2.43. The zero-order chi connectivity index (χ0) is 35.4. The van der Waals surface area contributed by atoms with Crippen LogP contribution in [0.25, 0.3) is 17.2 Å². The predicted octanol–water partition coefficient (Wildman–Crippen LogP) is 6.85. The SMILES string of the molecule is COc1cc(/C=C/C(=O)OCCOC2(C(=O)Oc3ccccc3-c3ccccc3)CCOCC2)ccc1OC(=O)C(C)(C)Oc1ccccc1. The van der Waals surface area contributed by atoms with Gasteiger partial charge in [0.05, 0.1) is 13.7 Å². The highest BCUT2D eigenvalue weighted by atomic mass is 16.6. The molecule has 5 rings (SSSR count). The first-order chi connectivity index (χ1) is 24.2. The van der Waals surface area contributed by atoms with Gasteiger partial charge in [0.2, 0.25) is 5.60 Å². The first kappa shape index (κ1) is 35.8. The summed E-state index contributed by atoms with van der Waals surface area (Å²) in [4.78, 5) is 39.0. The minimum Gasteiger partial charge on any atom is -0.493 e. The fraction of sp³-hybridized carbons (Fsp3) is 0.275. The molecule has 0 aliphatic carbocycles. The molecule has 4 aromatic carbocycles. The van der Waals surface area contributed by atoms with Gasteiger partial charge in [0.1, 0.15) is 18.1 Å². The van der Waals surface area contributed by atoms with E-state index >= 15 is 0 Å². The lowest BCUT2D eigenvalue weighted by Crippen LogP contribution is -2.49. The number of ether oxygens (including phenoxy) is 7. The van der Waals surface area contributed by atoms with E-state index in [1.54, 1.807) is 56.3 Å². The van der Waals surface area contributed by atoms with Gasteiger partial charge in [-0.25, -0.2) is 14.4 Å². The molecule has 1 heterocycles. The monoisotopic (exact) mass is 680 g/mol. The van der Waals surface area contributed by atoms with Crippen LogP contribution in [0.2, 0.25) is 0 Å². The number of hydrogen-bond acceptors (Lipinski definition) is 10. The zero-order valence-electron chi connectivity index (χ0n) is 28.3. The average Bonchev–Trinajstić information content (AvgIpc) is 3.14. The van der Waals surface area contributed by atoms with Crippen molar-refractivity contribution in [2.45, 2.75) is 37.9 Å². The minimum atomic E-state index is -1.27. The Morgan fingerprint density at radius 3 is 2.18 bits per heavy atom. The van der Waals surface area contributed by atoms with E-state index in [2.05, 4.69) is 0 Å². The topological polar surface area (TPSA) is 116 Å². The van der Waals surface area contributed by atoms with Crippen molar-refractivity contribution >= 4 is 24.0 Å². The van der Waals surface area contributed by atoms with Crippen molar-refractivity contribution in [2.75, 3.05) is 33.5 Å². The van der Waals surface area contributed by atoms with Crippen molar-refractivity contribution in [1.29, 1.82) is 0 Å². The molecule has 4 aromatic rings. The van der Waals surface area contributed by atoms with Gasteiger partial charge in [-0.2, -0.15) is 0 Å². The summed E-state index contributed by atoms with van der Waals surface area (Å²) >= 11 is 0. The van der Waals surface area contributed by atoms with E-state index in [0.29, 0.717) is 43.1 Å². The molecular weight excluding hydrogens is 640 g/mol. The number of carbonyl (C=O) groups is 3. The summed E-state index contributed by atoms with van der Waals surface area (Å²) in [5.74, 6) is -0.290. The maximum atomic E-state index is 13.6. The first-order valence-corrected chi connectivity index (χ1v) is 16.3.